The number of rotatable bonds is 11. The van der Waals surface area contributed by atoms with E-state index < -0.39 is 6.04 Å². The molecular formula is C29H33FN2O2S. The fraction of sp³-hybridized carbons (Fsp3) is 0.310. The van der Waals surface area contributed by atoms with Crippen molar-refractivity contribution in [1.29, 1.82) is 0 Å². The second kappa shape index (κ2) is 13.1. The number of aryl methyl sites for hydroxylation is 1. The van der Waals surface area contributed by atoms with Gasteiger partial charge in [0.1, 0.15) is 11.9 Å². The van der Waals surface area contributed by atoms with Crippen molar-refractivity contribution in [2.24, 2.45) is 0 Å². The Morgan fingerprint density at radius 3 is 2.23 bits per heavy atom. The molecule has 0 fully saturated rings. The summed E-state index contributed by atoms with van der Waals surface area (Å²) in [4.78, 5) is 29.7. The van der Waals surface area contributed by atoms with Gasteiger partial charge in [-0.25, -0.2) is 4.39 Å². The highest BCUT2D eigenvalue weighted by Gasteiger charge is 2.31. The quantitative estimate of drug-likeness (QED) is 0.345. The molecule has 0 aliphatic carbocycles. The number of thioether (sulfide) groups is 1. The van der Waals surface area contributed by atoms with E-state index in [-0.39, 0.29) is 36.0 Å². The number of amides is 2. The monoisotopic (exact) mass is 492 g/mol. The molecule has 35 heavy (non-hydrogen) atoms. The number of benzene rings is 3. The first-order valence-electron chi connectivity index (χ1n) is 11.9. The minimum absolute atomic E-state index is 0.00881. The third kappa shape index (κ3) is 8.25. The smallest absolute Gasteiger partial charge is 0.243 e. The molecule has 3 rings (SSSR count). The fourth-order valence-electron chi connectivity index (χ4n) is 3.64. The summed E-state index contributed by atoms with van der Waals surface area (Å²) in [5.41, 5.74) is 2.90. The van der Waals surface area contributed by atoms with Crippen molar-refractivity contribution >= 4 is 23.6 Å². The summed E-state index contributed by atoms with van der Waals surface area (Å²) in [6, 6.07) is 23.1. The first-order chi connectivity index (χ1) is 16.9. The minimum Gasteiger partial charge on any atom is -0.352 e. The molecule has 3 aromatic carbocycles. The summed E-state index contributed by atoms with van der Waals surface area (Å²) < 4.78 is 13.5. The van der Waals surface area contributed by atoms with Crippen molar-refractivity contribution in [2.45, 2.75) is 57.1 Å². The minimum atomic E-state index is -0.692. The van der Waals surface area contributed by atoms with Crippen LogP contribution in [0.15, 0.2) is 83.8 Å². The molecule has 0 saturated heterocycles. The Kier molecular flexibility index (Phi) is 9.91. The number of hydrogen-bond donors (Lipinski definition) is 1. The van der Waals surface area contributed by atoms with Gasteiger partial charge < -0.3 is 10.2 Å². The van der Waals surface area contributed by atoms with E-state index in [0.29, 0.717) is 6.42 Å². The highest BCUT2D eigenvalue weighted by atomic mass is 32.2. The van der Waals surface area contributed by atoms with Gasteiger partial charge in [0.05, 0.1) is 5.75 Å². The van der Waals surface area contributed by atoms with Gasteiger partial charge in [0, 0.05) is 23.9 Å². The molecule has 1 N–H and O–H groups in total. The molecule has 2 amide bonds. The van der Waals surface area contributed by atoms with E-state index in [1.165, 1.54) is 23.9 Å². The summed E-state index contributed by atoms with van der Waals surface area (Å²) in [5.74, 6) is -0.456. The topological polar surface area (TPSA) is 49.4 Å². The van der Waals surface area contributed by atoms with Crippen LogP contribution in [0.25, 0.3) is 0 Å². The van der Waals surface area contributed by atoms with E-state index in [1.807, 2.05) is 75.4 Å². The Bertz CT molecular complexity index is 1090. The lowest BCUT2D eigenvalue weighted by molar-refractivity contribution is -0.139. The Labute approximate surface area is 211 Å². The molecule has 0 aliphatic heterocycles. The van der Waals surface area contributed by atoms with E-state index in [1.54, 1.807) is 17.0 Å². The molecule has 0 saturated carbocycles. The van der Waals surface area contributed by atoms with E-state index in [0.717, 1.165) is 28.0 Å². The first kappa shape index (κ1) is 26.5. The average molecular weight is 493 g/mol. The van der Waals surface area contributed by atoms with Crippen LogP contribution in [0.4, 0.5) is 4.39 Å². The number of hydrogen-bond acceptors (Lipinski definition) is 3. The molecule has 3 aromatic rings. The van der Waals surface area contributed by atoms with E-state index in [2.05, 4.69) is 5.32 Å². The van der Waals surface area contributed by atoms with Crippen molar-refractivity contribution in [3.05, 3.63) is 101 Å². The van der Waals surface area contributed by atoms with Gasteiger partial charge in [0.25, 0.3) is 0 Å². The molecule has 2 atom stereocenters. The third-order valence-electron chi connectivity index (χ3n) is 5.92. The molecule has 6 heteroatoms. The average Bonchev–Trinajstić information content (AvgIpc) is 2.87. The largest absolute Gasteiger partial charge is 0.352 e. The molecule has 184 valence electrons. The number of nitrogens with zero attached hydrogens (tertiary/aromatic N) is 1. The van der Waals surface area contributed by atoms with Crippen LogP contribution in [0.5, 0.6) is 0 Å². The molecule has 0 aliphatic rings. The van der Waals surface area contributed by atoms with Crippen LogP contribution in [0, 0.1) is 12.7 Å². The Balaban J connectivity index is 1.89. The van der Waals surface area contributed by atoms with Crippen LogP contribution in [0.3, 0.4) is 0 Å². The second-order valence-corrected chi connectivity index (χ2v) is 9.82. The summed E-state index contributed by atoms with van der Waals surface area (Å²) in [5, 5.41) is 3.06. The molecule has 0 heterocycles. The van der Waals surface area contributed by atoms with E-state index >= 15 is 0 Å². The fourth-order valence-corrected chi connectivity index (χ4v) is 4.43. The third-order valence-corrected chi connectivity index (χ3v) is 6.92. The highest BCUT2D eigenvalue weighted by Crippen LogP contribution is 2.22. The van der Waals surface area contributed by atoms with Gasteiger partial charge in [-0.1, -0.05) is 67.1 Å². The molecule has 0 radical (unpaired) electrons. The highest BCUT2D eigenvalue weighted by molar-refractivity contribution is 8.00. The number of nitrogens with one attached hydrogen (secondary N) is 1. The standard InChI is InChI=1S/C29H33FN2O2S/c1-4-22(3)31-29(34)27(18-23-8-6-5-7-9-23)32(19-24-12-14-25(30)15-13-24)28(33)20-35-26-16-10-21(2)11-17-26/h5-17,22,27H,4,18-20H2,1-3H3,(H,31,34)/t22-,27+/m1/s1. The molecule has 0 unspecified atom stereocenters. The summed E-state index contributed by atoms with van der Waals surface area (Å²) in [7, 11) is 0. The number of carbonyl (C=O) groups is 2. The maximum absolute atomic E-state index is 13.6. The van der Waals surface area contributed by atoms with Crippen molar-refractivity contribution in [3.8, 4) is 0 Å². The van der Waals surface area contributed by atoms with Crippen molar-refractivity contribution < 1.29 is 14.0 Å². The first-order valence-corrected chi connectivity index (χ1v) is 12.9. The van der Waals surface area contributed by atoms with Crippen LogP contribution >= 0.6 is 11.8 Å². The van der Waals surface area contributed by atoms with Gasteiger partial charge in [-0.3, -0.25) is 9.59 Å². The number of halogens is 1. The van der Waals surface area contributed by atoms with Crippen molar-refractivity contribution in [1.82, 2.24) is 10.2 Å². The maximum atomic E-state index is 13.6. The molecule has 4 nitrogen and oxygen atoms in total. The summed E-state index contributed by atoms with van der Waals surface area (Å²) >= 11 is 1.45. The lowest BCUT2D eigenvalue weighted by atomic mass is 10.0. The zero-order valence-corrected chi connectivity index (χ0v) is 21.4. The molecule has 0 aromatic heterocycles. The lowest BCUT2D eigenvalue weighted by Gasteiger charge is -2.32. The normalized spacial score (nSPS) is 12.6. The van der Waals surface area contributed by atoms with Crippen molar-refractivity contribution in [2.75, 3.05) is 5.75 Å². The van der Waals surface area contributed by atoms with E-state index in [4.69, 9.17) is 0 Å². The van der Waals surface area contributed by atoms with Crippen LogP contribution in [-0.2, 0) is 22.6 Å². The molecule has 0 spiro atoms. The number of carbonyl (C=O) groups excluding carboxylic acids is 2. The molecule has 0 bridgehead atoms. The Hall–Kier alpha value is -3.12. The van der Waals surface area contributed by atoms with Gasteiger partial charge >= 0.3 is 0 Å². The van der Waals surface area contributed by atoms with Crippen molar-refractivity contribution in [3.63, 3.8) is 0 Å². The van der Waals surface area contributed by atoms with Crippen LogP contribution < -0.4 is 5.32 Å². The van der Waals surface area contributed by atoms with Gasteiger partial charge in [-0.05, 0) is 55.7 Å². The SMILES string of the molecule is CC[C@@H](C)NC(=O)[C@H](Cc1ccccc1)N(Cc1ccc(F)cc1)C(=O)CSc1ccc(C)cc1. The van der Waals surface area contributed by atoms with Crippen LogP contribution in [0.2, 0.25) is 0 Å². The van der Waals surface area contributed by atoms with Crippen LogP contribution in [-0.4, -0.2) is 34.6 Å². The Morgan fingerprint density at radius 1 is 0.943 bits per heavy atom. The summed E-state index contributed by atoms with van der Waals surface area (Å²) in [6.07, 6.45) is 1.18. The zero-order valence-electron chi connectivity index (χ0n) is 20.5. The maximum Gasteiger partial charge on any atom is 0.243 e. The second-order valence-electron chi connectivity index (χ2n) is 8.77. The van der Waals surface area contributed by atoms with Gasteiger partial charge in [-0.15, -0.1) is 11.8 Å². The Morgan fingerprint density at radius 2 is 1.60 bits per heavy atom. The van der Waals surface area contributed by atoms with Gasteiger partial charge in [-0.2, -0.15) is 0 Å². The predicted octanol–water partition coefficient (Wildman–Crippen LogP) is 5.78. The lowest BCUT2D eigenvalue weighted by Crippen LogP contribution is -2.52. The predicted molar refractivity (Wildman–Crippen MR) is 141 cm³/mol. The van der Waals surface area contributed by atoms with Crippen LogP contribution in [0.1, 0.15) is 37.0 Å². The van der Waals surface area contributed by atoms with Gasteiger partial charge in [0.15, 0.2) is 0 Å². The van der Waals surface area contributed by atoms with E-state index in [9.17, 15) is 14.0 Å². The van der Waals surface area contributed by atoms with Gasteiger partial charge in [0.2, 0.25) is 11.8 Å². The zero-order chi connectivity index (χ0) is 25.2. The molecular weight excluding hydrogens is 459 g/mol. The summed E-state index contributed by atoms with van der Waals surface area (Å²) in [6.45, 7) is 6.21.